The van der Waals surface area contributed by atoms with E-state index in [1.807, 2.05) is 0 Å². The van der Waals surface area contributed by atoms with E-state index in [1.165, 1.54) is 37.6 Å². The average molecular weight is 309 g/mol. The summed E-state index contributed by atoms with van der Waals surface area (Å²) in [5.74, 6) is -2.02. The predicted octanol–water partition coefficient (Wildman–Crippen LogP) is 2.91. The second-order valence-electron chi connectivity index (χ2n) is 4.00. The van der Waals surface area contributed by atoms with E-state index in [1.54, 1.807) is 0 Å². The number of aromatic nitrogens is 1. The topological polar surface area (TPSA) is 68.3 Å². The summed E-state index contributed by atoms with van der Waals surface area (Å²) in [7, 11) is 1.24. The molecule has 1 aromatic carbocycles. The van der Waals surface area contributed by atoms with Crippen molar-refractivity contribution in [3.05, 3.63) is 58.6 Å². The number of benzene rings is 1. The number of esters is 1. The van der Waals surface area contributed by atoms with Crippen LogP contribution in [0.15, 0.2) is 36.7 Å². The molecule has 0 saturated heterocycles. The number of hydrogen-bond acceptors (Lipinski definition) is 4. The lowest BCUT2D eigenvalue weighted by atomic mass is 10.2. The minimum atomic E-state index is -0.754. The van der Waals surface area contributed by atoms with Crippen LogP contribution >= 0.6 is 11.6 Å². The van der Waals surface area contributed by atoms with E-state index in [9.17, 15) is 14.0 Å². The highest BCUT2D eigenvalue weighted by molar-refractivity contribution is 6.34. The molecule has 1 aromatic heterocycles. The van der Waals surface area contributed by atoms with Crippen LogP contribution in [0.3, 0.4) is 0 Å². The van der Waals surface area contributed by atoms with Crippen LogP contribution in [0.4, 0.5) is 10.1 Å². The van der Waals surface area contributed by atoms with Gasteiger partial charge in [0.25, 0.3) is 5.91 Å². The van der Waals surface area contributed by atoms with Gasteiger partial charge in [-0.3, -0.25) is 9.78 Å². The largest absolute Gasteiger partial charge is 0.465 e. The number of halogens is 2. The molecule has 108 valence electrons. The van der Waals surface area contributed by atoms with Crippen LogP contribution in [-0.4, -0.2) is 24.0 Å². The SMILES string of the molecule is COC(=O)c1ccc(Cl)c(NC(=O)c2ccncc2F)c1. The third-order valence-electron chi connectivity index (χ3n) is 2.65. The van der Waals surface area contributed by atoms with Crippen molar-refractivity contribution >= 4 is 29.2 Å². The van der Waals surface area contributed by atoms with Crippen LogP contribution in [0.5, 0.6) is 0 Å². The lowest BCUT2D eigenvalue weighted by Crippen LogP contribution is -2.15. The van der Waals surface area contributed by atoms with Crippen molar-refractivity contribution in [2.24, 2.45) is 0 Å². The van der Waals surface area contributed by atoms with Gasteiger partial charge in [-0.1, -0.05) is 11.6 Å². The number of amides is 1. The Kier molecular flexibility index (Phi) is 4.49. The van der Waals surface area contributed by atoms with Gasteiger partial charge < -0.3 is 10.1 Å². The van der Waals surface area contributed by atoms with E-state index in [4.69, 9.17) is 11.6 Å². The number of carbonyl (C=O) groups is 2. The van der Waals surface area contributed by atoms with Crippen molar-refractivity contribution < 1.29 is 18.7 Å². The van der Waals surface area contributed by atoms with Gasteiger partial charge in [0.2, 0.25) is 0 Å². The summed E-state index contributed by atoms with van der Waals surface area (Å²) in [5.41, 5.74) is 0.220. The maximum Gasteiger partial charge on any atom is 0.337 e. The molecule has 7 heteroatoms. The maximum atomic E-state index is 13.5. The number of ether oxygens (including phenoxy) is 1. The molecule has 1 N–H and O–H groups in total. The number of pyridine rings is 1. The number of nitrogens with zero attached hydrogens (tertiary/aromatic N) is 1. The fourth-order valence-corrected chi connectivity index (χ4v) is 1.78. The molecule has 5 nitrogen and oxygen atoms in total. The number of carbonyl (C=O) groups excluding carboxylic acids is 2. The smallest absolute Gasteiger partial charge is 0.337 e. The molecule has 0 spiro atoms. The molecule has 0 fully saturated rings. The normalized spacial score (nSPS) is 10.0. The Morgan fingerprint density at radius 2 is 2.10 bits per heavy atom. The highest BCUT2D eigenvalue weighted by Crippen LogP contribution is 2.24. The van der Waals surface area contributed by atoms with Crippen LogP contribution in [-0.2, 0) is 4.74 Å². The summed E-state index contributed by atoms with van der Waals surface area (Å²) in [5, 5.41) is 2.65. The number of anilines is 1. The Hall–Kier alpha value is -2.47. The van der Waals surface area contributed by atoms with Crippen LogP contribution in [0, 0.1) is 5.82 Å². The van der Waals surface area contributed by atoms with Gasteiger partial charge in [0, 0.05) is 6.20 Å². The van der Waals surface area contributed by atoms with E-state index >= 15 is 0 Å². The predicted molar refractivity (Wildman–Crippen MR) is 74.9 cm³/mol. The number of hydrogen-bond donors (Lipinski definition) is 1. The zero-order valence-electron chi connectivity index (χ0n) is 10.9. The molecule has 0 radical (unpaired) electrons. The minimum absolute atomic E-state index is 0.176. The minimum Gasteiger partial charge on any atom is -0.465 e. The first-order chi connectivity index (χ1) is 10.0. The van der Waals surface area contributed by atoms with Gasteiger partial charge in [-0.15, -0.1) is 0 Å². The third kappa shape index (κ3) is 3.35. The van der Waals surface area contributed by atoms with Crippen LogP contribution < -0.4 is 5.32 Å². The van der Waals surface area contributed by atoms with Crippen molar-refractivity contribution in [2.75, 3.05) is 12.4 Å². The van der Waals surface area contributed by atoms with Crippen molar-refractivity contribution in [3.8, 4) is 0 Å². The Balaban J connectivity index is 2.29. The highest BCUT2D eigenvalue weighted by atomic mass is 35.5. The second-order valence-corrected chi connectivity index (χ2v) is 4.40. The molecule has 0 aliphatic heterocycles. The first kappa shape index (κ1) is 14.9. The van der Waals surface area contributed by atoms with Gasteiger partial charge >= 0.3 is 5.97 Å². The molecule has 2 rings (SSSR count). The zero-order valence-corrected chi connectivity index (χ0v) is 11.6. The fourth-order valence-electron chi connectivity index (χ4n) is 1.61. The Morgan fingerprint density at radius 3 is 2.76 bits per heavy atom. The van der Waals surface area contributed by atoms with E-state index < -0.39 is 17.7 Å². The lowest BCUT2D eigenvalue weighted by Gasteiger charge is -2.09. The summed E-state index contributed by atoms with van der Waals surface area (Å²) < 4.78 is 18.1. The van der Waals surface area contributed by atoms with Crippen molar-refractivity contribution in [2.45, 2.75) is 0 Å². The zero-order chi connectivity index (χ0) is 15.4. The Labute approximate surface area is 124 Å². The Morgan fingerprint density at radius 1 is 1.33 bits per heavy atom. The monoisotopic (exact) mass is 308 g/mol. The van der Waals surface area contributed by atoms with Crippen molar-refractivity contribution in [1.82, 2.24) is 4.98 Å². The standard InChI is InChI=1S/C14H10ClFN2O3/c1-21-14(20)8-2-3-10(15)12(6-8)18-13(19)9-4-5-17-7-11(9)16/h2-7H,1H3,(H,18,19). The fraction of sp³-hybridized carbons (Fsp3) is 0.0714. The summed E-state index contributed by atoms with van der Waals surface area (Å²) in [6.07, 6.45) is 2.23. The Bertz CT molecular complexity index is 706. The summed E-state index contributed by atoms with van der Waals surface area (Å²) in [4.78, 5) is 27.0. The molecule has 0 aliphatic rings. The molecule has 2 aromatic rings. The molecule has 0 aliphatic carbocycles. The lowest BCUT2D eigenvalue weighted by molar-refractivity contribution is 0.0600. The summed E-state index contributed by atoms with van der Waals surface area (Å²) in [6.45, 7) is 0. The number of rotatable bonds is 3. The molecular formula is C14H10ClFN2O3. The number of nitrogens with one attached hydrogen (secondary N) is 1. The molecular weight excluding hydrogens is 299 g/mol. The van der Waals surface area contributed by atoms with Gasteiger partial charge in [-0.05, 0) is 24.3 Å². The van der Waals surface area contributed by atoms with Gasteiger partial charge in [0.05, 0.1) is 35.1 Å². The first-order valence-electron chi connectivity index (χ1n) is 5.81. The van der Waals surface area contributed by atoms with Crippen LogP contribution in [0.25, 0.3) is 0 Å². The van der Waals surface area contributed by atoms with Gasteiger partial charge in [0.1, 0.15) is 0 Å². The summed E-state index contributed by atoms with van der Waals surface area (Å²) >= 11 is 5.94. The van der Waals surface area contributed by atoms with Gasteiger partial charge in [-0.25, -0.2) is 9.18 Å². The molecule has 0 bridgehead atoms. The van der Waals surface area contributed by atoms with Crippen molar-refractivity contribution in [3.63, 3.8) is 0 Å². The summed E-state index contributed by atoms with van der Waals surface area (Å²) in [6, 6.07) is 5.48. The van der Waals surface area contributed by atoms with Crippen LogP contribution in [0.2, 0.25) is 5.02 Å². The first-order valence-corrected chi connectivity index (χ1v) is 6.19. The molecule has 1 amide bonds. The molecule has 1 heterocycles. The van der Waals surface area contributed by atoms with Crippen LogP contribution in [0.1, 0.15) is 20.7 Å². The van der Waals surface area contributed by atoms with E-state index in [0.717, 1.165) is 6.20 Å². The van der Waals surface area contributed by atoms with E-state index in [-0.39, 0.29) is 21.8 Å². The van der Waals surface area contributed by atoms with Gasteiger partial charge in [-0.2, -0.15) is 0 Å². The quantitative estimate of drug-likeness (QED) is 0.885. The van der Waals surface area contributed by atoms with E-state index in [2.05, 4.69) is 15.0 Å². The molecule has 21 heavy (non-hydrogen) atoms. The van der Waals surface area contributed by atoms with Crippen molar-refractivity contribution in [1.29, 1.82) is 0 Å². The van der Waals surface area contributed by atoms with E-state index in [0.29, 0.717) is 0 Å². The number of methoxy groups -OCH3 is 1. The maximum absolute atomic E-state index is 13.5. The molecule has 0 atom stereocenters. The second kappa shape index (κ2) is 6.32. The highest BCUT2D eigenvalue weighted by Gasteiger charge is 2.15. The molecule has 0 saturated carbocycles. The van der Waals surface area contributed by atoms with Gasteiger partial charge in [0.15, 0.2) is 5.82 Å². The average Bonchev–Trinajstić information content (AvgIpc) is 2.49. The third-order valence-corrected chi connectivity index (χ3v) is 2.98. The molecule has 0 unspecified atom stereocenters.